The fourth-order valence-corrected chi connectivity index (χ4v) is 3.88. The predicted molar refractivity (Wildman–Crippen MR) is 135 cm³/mol. The Balaban J connectivity index is 1.91. The minimum Gasteiger partial charge on any atom is -0.493 e. The Bertz CT molecular complexity index is 1040. The van der Waals surface area contributed by atoms with Crippen LogP contribution in [0.1, 0.15) is 27.7 Å². The molecule has 0 saturated carbocycles. The van der Waals surface area contributed by atoms with E-state index in [9.17, 15) is 9.59 Å². The first-order valence-corrected chi connectivity index (χ1v) is 12.0. The van der Waals surface area contributed by atoms with Crippen molar-refractivity contribution >= 4 is 11.8 Å². The zero-order chi connectivity index (χ0) is 25.4. The van der Waals surface area contributed by atoms with E-state index >= 15 is 0 Å². The third kappa shape index (κ3) is 7.32. The molecule has 1 aliphatic heterocycles. The summed E-state index contributed by atoms with van der Waals surface area (Å²) in [5.41, 5.74) is 2.05. The maximum Gasteiger partial charge on any atom is 0.242 e. The topological polar surface area (TPSA) is 97.7 Å². The normalized spacial score (nSPS) is 18.1. The van der Waals surface area contributed by atoms with Gasteiger partial charge in [0, 0.05) is 44.1 Å². The summed E-state index contributed by atoms with van der Waals surface area (Å²) in [4.78, 5) is 32.3. The van der Waals surface area contributed by atoms with E-state index < -0.39 is 6.04 Å². The number of benzene rings is 1. The average molecular weight is 484 g/mol. The number of hydrogen-bond acceptors (Lipinski definition) is 6. The van der Waals surface area contributed by atoms with E-state index in [2.05, 4.69) is 21.7 Å². The molecular weight excluding hydrogens is 446 g/mol. The summed E-state index contributed by atoms with van der Waals surface area (Å²) >= 11 is 0. The number of imidazole rings is 1. The Hall–Kier alpha value is -3.33. The Kier molecular flexibility index (Phi) is 9.31. The number of amides is 2. The van der Waals surface area contributed by atoms with E-state index in [1.165, 1.54) is 5.57 Å². The lowest BCUT2D eigenvalue weighted by Crippen LogP contribution is -2.52. The monoisotopic (exact) mass is 483 g/mol. The van der Waals surface area contributed by atoms with Crippen LogP contribution in [-0.4, -0.2) is 72.2 Å². The molecule has 9 heteroatoms. The maximum absolute atomic E-state index is 12.9. The molecule has 35 heavy (non-hydrogen) atoms. The molecule has 0 unspecified atom stereocenters. The second-order valence-corrected chi connectivity index (χ2v) is 9.26. The third-order valence-electron chi connectivity index (χ3n) is 5.84. The van der Waals surface area contributed by atoms with Gasteiger partial charge >= 0.3 is 0 Å². The highest BCUT2D eigenvalue weighted by Crippen LogP contribution is 2.32. The van der Waals surface area contributed by atoms with E-state index in [1.807, 2.05) is 61.6 Å². The van der Waals surface area contributed by atoms with Crippen LogP contribution in [0.5, 0.6) is 11.5 Å². The van der Waals surface area contributed by atoms with Crippen LogP contribution >= 0.6 is 0 Å². The molecule has 9 nitrogen and oxygen atoms in total. The van der Waals surface area contributed by atoms with Crippen LogP contribution in [0.15, 0.2) is 42.2 Å². The lowest BCUT2D eigenvalue weighted by molar-refractivity contribution is -0.130. The van der Waals surface area contributed by atoms with Gasteiger partial charge in [-0.05, 0) is 38.0 Å². The first-order chi connectivity index (χ1) is 16.8. The van der Waals surface area contributed by atoms with Crippen LogP contribution in [0.4, 0.5) is 0 Å². The number of methoxy groups -OCH3 is 1. The van der Waals surface area contributed by atoms with Gasteiger partial charge in [0.25, 0.3) is 0 Å². The Labute approximate surface area is 207 Å². The first-order valence-electron chi connectivity index (χ1n) is 12.0. The number of ether oxygens (including phenoxy) is 2. The predicted octanol–water partition coefficient (Wildman–Crippen LogP) is 2.48. The van der Waals surface area contributed by atoms with Crippen molar-refractivity contribution in [2.75, 3.05) is 39.9 Å². The molecule has 2 heterocycles. The standard InChI is InChI=1S/C26H37N5O4/c1-18(2)8-11-30-14-15-35-22-16-20(6-7-21(22)34-5)25-27-9-12-31(25)13-10-28-26(33)24(19(3)4)29-23(32)17-30/h6-9,12,16,19,24H,10-11,13-15,17H2,1-5H3,(H,28,33)(H,29,32)/t24-/m1/s1. The molecule has 0 fully saturated rings. The minimum absolute atomic E-state index is 0.0478. The molecule has 2 N–H and O–H groups in total. The molecule has 190 valence electrons. The van der Waals surface area contributed by atoms with Gasteiger partial charge in [0.05, 0.1) is 13.7 Å². The zero-order valence-corrected chi connectivity index (χ0v) is 21.3. The van der Waals surface area contributed by atoms with Crippen LogP contribution in [0.25, 0.3) is 11.4 Å². The summed E-state index contributed by atoms with van der Waals surface area (Å²) in [5, 5.41) is 5.89. The molecule has 1 atom stereocenters. The zero-order valence-electron chi connectivity index (χ0n) is 21.3. The summed E-state index contributed by atoms with van der Waals surface area (Å²) in [6.07, 6.45) is 5.69. The Morgan fingerprint density at radius 1 is 1.29 bits per heavy atom. The van der Waals surface area contributed by atoms with Gasteiger partial charge in [-0.15, -0.1) is 0 Å². The molecule has 0 spiro atoms. The van der Waals surface area contributed by atoms with Gasteiger partial charge in [-0.2, -0.15) is 0 Å². The SMILES string of the molecule is COc1ccc2cc1OCCN(CC=C(C)C)CC(=O)N[C@H](C(C)C)C(=O)NCCn1ccnc1-2. The van der Waals surface area contributed by atoms with E-state index in [0.717, 1.165) is 11.4 Å². The lowest BCUT2D eigenvalue weighted by Gasteiger charge is -2.25. The number of aromatic nitrogens is 2. The second kappa shape index (κ2) is 12.4. The highest BCUT2D eigenvalue weighted by atomic mass is 16.5. The smallest absolute Gasteiger partial charge is 0.242 e. The minimum atomic E-state index is -0.610. The van der Waals surface area contributed by atoms with Gasteiger partial charge in [-0.3, -0.25) is 14.5 Å². The quantitative estimate of drug-likeness (QED) is 0.649. The molecule has 0 saturated heterocycles. The molecule has 2 amide bonds. The fraction of sp³-hybridized carbons (Fsp3) is 0.500. The van der Waals surface area contributed by atoms with Crippen molar-refractivity contribution in [3.05, 3.63) is 42.2 Å². The first kappa shape index (κ1) is 26.3. The highest BCUT2D eigenvalue weighted by molar-refractivity contribution is 5.88. The number of carbonyl (C=O) groups is 2. The summed E-state index contributed by atoms with van der Waals surface area (Å²) in [6, 6.07) is 5.11. The number of hydrogen-bond donors (Lipinski definition) is 2. The van der Waals surface area contributed by atoms with Crippen molar-refractivity contribution in [2.45, 2.75) is 40.3 Å². The van der Waals surface area contributed by atoms with E-state index in [4.69, 9.17) is 9.47 Å². The lowest BCUT2D eigenvalue weighted by atomic mass is 10.0. The van der Waals surface area contributed by atoms with Crippen LogP contribution in [-0.2, 0) is 16.1 Å². The van der Waals surface area contributed by atoms with Gasteiger partial charge in [0.2, 0.25) is 11.8 Å². The summed E-state index contributed by atoms with van der Waals surface area (Å²) in [5.74, 6) is 1.59. The van der Waals surface area contributed by atoms with E-state index in [-0.39, 0.29) is 24.3 Å². The highest BCUT2D eigenvalue weighted by Gasteiger charge is 2.25. The number of nitrogens with one attached hydrogen (secondary N) is 2. The molecule has 1 aromatic carbocycles. The number of carbonyl (C=O) groups excluding carboxylic acids is 2. The number of fused-ring (bicyclic) bond motifs is 4. The van der Waals surface area contributed by atoms with Crippen molar-refractivity contribution < 1.29 is 19.1 Å². The van der Waals surface area contributed by atoms with Crippen molar-refractivity contribution in [3.63, 3.8) is 0 Å². The van der Waals surface area contributed by atoms with Crippen molar-refractivity contribution in [1.82, 2.24) is 25.1 Å². The van der Waals surface area contributed by atoms with Gasteiger partial charge in [-0.1, -0.05) is 25.5 Å². The van der Waals surface area contributed by atoms with Crippen LogP contribution in [0, 0.1) is 5.92 Å². The molecule has 1 aromatic heterocycles. The van der Waals surface area contributed by atoms with Crippen molar-refractivity contribution in [2.24, 2.45) is 5.92 Å². The molecule has 0 aliphatic carbocycles. The number of allylic oxidation sites excluding steroid dienone is 1. The molecule has 2 aromatic rings. The van der Waals surface area contributed by atoms with Gasteiger partial charge in [0.15, 0.2) is 11.5 Å². The number of rotatable bonds is 4. The van der Waals surface area contributed by atoms with Gasteiger partial charge in [-0.25, -0.2) is 4.98 Å². The van der Waals surface area contributed by atoms with E-state index in [1.54, 1.807) is 13.3 Å². The van der Waals surface area contributed by atoms with Crippen LogP contribution in [0.2, 0.25) is 0 Å². The largest absolute Gasteiger partial charge is 0.493 e. The van der Waals surface area contributed by atoms with Gasteiger partial charge < -0.3 is 24.7 Å². The van der Waals surface area contributed by atoms with Crippen molar-refractivity contribution in [3.8, 4) is 22.9 Å². The molecule has 0 radical (unpaired) electrons. The van der Waals surface area contributed by atoms with E-state index in [0.29, 0.717) is 44.3 Å². The molecule has 2 bridgehead atoms. The average Bonchev–Trinajstić information content (AvgIpc) is 3.28. The van der Waals surface area contributed by atoms with Crippen LogP contribution in [0.3, 0.4) is 0 Å². The Morgan fingerprint density at radius 2 is 2.09 bits per heavy atom. The number of nitrogens with zero attached hydrogens (tertiary/aromatic N) is 3. The van der Waals surface area contributed by atoms with Crippen LogP contribution < -0.4 is 20.1 Å². The third-order valence-corrected chi connectivity index (χ3v) is 5.84. The maximum atomic E-state index is 12.9. The Morgan fingerprint density at radius 3 is 2.80 bits per heavy atom. The van der Waals surface area contributed by atoms with Crippen molar-refractivity contribution in [1.29, 1.82) is 0 Å². The molecule has 1 aliphatic rings. The summed E-state index contributed by atoms with van der Waals surface area (Å²) in [7, 11) is 1.61. The molecule has 3 rings (SSSR count). The summed E-state index contributed by atoms with van der Waals surface area (Å²) < 4.78 is 13.6. The molecular formula is C26H37N5O4. The fourth-order valence-electron chi connectivity index (χ4n) is 3.88. The second-order valence-electron chi connectivity index (χ2n) is 9.26. The van der Waals surface area contributed by atoms with Gasteiger partial charge in [0.1, 0.15) is 18.5 Å². The summed E-state index contributed by atoms with van der Waals surface area (Å²) in [6.45, 7) is 10.5.